The van der Waals surface area contributed by atoms with Crippen molar-refractivity contribution in [2.75, 3.05) is 5.32 Å². The van der Waals surface area contributed by atoms with E-state index in [9.17, 15) is 5.26 Å². The van der Waals surface area contributed by atoms with Crippen LogP contribution in [0.15, 0.2) is 6.07 Å². The van der Waals surface area contributed by atoms with Crippen LogP contribution in [0.1, 0.15) is 49.9 Å². The highest BCUT2D eigenvalue weighted by molar-refractivity contribution is 5.56. The van der Waals surface area contributed by atoms with Crippen molar-refractivity contribution in [3.63, 3.8) is 0 Å². The Hall–Kier alpha value is -1.56. The molecule has 3 nitrogen and oxygen atoms in total. The number of nitrogens with zero attached hydrogens (tertiary/aromatic N) is 2. The van der Waals surface area contributed by atoms with E-state index in [4.69, 9.17) is 0 Å². The molecule has 1 aliphatic rings. The van der Waals surface area contributed by atoms with Gasteiger partial charge >= 0.3 is 0 Å². The molecular formula is C16H23N3. The summed E-state index contributed by atoms with van der Waals surface area (Å²) in [7, 11) is 0. The van der Waals surface area contributed by atoms with E-state index in [1.54, 1.807) is 0 Å². The van der Waals surface area contributed by atoms with Gasteiger partial charge in [-0.15, -0.1) is 0 Å². The number of nitriles is 1. The summed E-state index contributed by atoms with van der Waals surface area (Å²) in [6.07, 6.45) is 3.74. The average Bonchev–Trinajstić information content (AvgIpc) is 2.34. The average molecular weight is 257 g/mol. The van der Waals surface area contributed by atoms with Crippen LogP contribution in [0.25, 0.3) is 0 Å². The molecular weight excluding hydrogens is 234 g/mol. The van der Waals surface area contributed by atoms with Crippen LogP contribution in [0.3, 0.4) is 0 Å². The van der Waals surface area contributed by atoms with Crippen LogP contribution >= 0.6 is 0 Å². The largest absolute Gasteiger partial charge is 0.366 e. The molecule has 0 saturated heterocycles. The quantitative estimate of drug-likeness (QED) is 0.876. The number of hydrogen-bond donors (Lipinski definition) is 1. The van der Waals surface area contributed by atoms with Crippen molar-refractivity contribution in [2.24, 2.45) is 11.8 Å². The van der Waals surface area contributed by atoms with E-state index in [-0.39, 0.29) is 0 Å². The van der Waals surface area contributed by atoms with Crippen LogP contribution < -0.4 is 5.32 Å². The van der Waals surface area contributed by atoms with E-state index in [1.165, 1.54) is 19.3 Å². The first-order valence-electron chi connectivity index (χ1n) is 7.17. The molecule has 2 rings (SSSR count). The Kier molecular flexibility index (Phi) is 4.09. The predicted molar refractivity (Wildman–Crippen MR) is 78.0 cm³/mol. The Morgan fingerprint density at radius 3 is 2.74 bits per heavy atom. The van der Waals surface area contributed by atoms with Crippen molar-refractivity contribution in [3.8, 4) is 6.07 Å². The first-order chi connectivity index (χ1) is 9.02. The summed E-state index contributed by atoms with van der Waals surface area (Å²) in [5.41, 5.74) is 2.67. The second-order valence-corrected chi connectivity index (χ2v) is 5.93. The normalized spacial score (nSPS) is 26.8. The van der Waals surface area contributed by atoms with Gasteiger partial charge in [0.1, 0.15) is 11.9 Å². The zero-order valence-corrected chi connectivity index (χ0v) is 12.3. The Morgan fingerprint density at radius 2 is 2.05 bits per heavy atom. The molecule has 0 radical (unpaired) electrons. The van der Waals surface area contributed by atoms with Crippen molar-refractivity contribution in [3.05, 3.63) is 22.9 Å². The molecule has 0 amide bonds. The van der Waals surface area contributed by atoms with Gasteiger partial charge in [-0.25, -0.2) is 4.98 Å². The maximum absolute atomic E-state index is 9.31. The molecule has 102 valence electrons. The van der Waals surface area contributed by atoms with Crippen molar-refractivity contribution < 1.29 is 0 Å². The van der Waals surface area contributed by atoms with Gasteiger partial charge in [-0.05, 0) is 43.7 Å². The van der Waals surface area contributed by atoms with Crippen LogP contribution in [0, 0.1) is 37.0 Å². The predicted octanol–water partition coefficient (Wildman–Crippen LogP) is 3.81. The lowest BCUT2D eigenvalue weighted by molar-refractivity contribution is 0.253. The van der Waals surface area contributed by atoms with Crippen molar-refractivity contribution in [2.45, 2.75) is 53.0 Å². The van der Waals surface area contributed by atoms with Gasteiger partial charge in [0.15, 0.2) is 0 Å². The Labute approximate surface area is 116 Å². The molecule has 0 spiro atoms. The van der Waals surface area contributed by atoms with E-state index >= 15 is 0 Å². The van der Waals surface area contributed by atoms with Gasteiger partial charge in [0, 0.05) is 11.7 Å². The number of hydrogen-bond acceptors (Lipinski definition) is 3. The summed E-state index contributed by atoms with van der Waals surface area (Å²) in [4.78, 5) is 4.52. The zero-order chi connectivity index (χ0) is 14.0. The van der Waals surface area contributed by atoms with Gasteiger partial charge < -0.3 is 5.32 Å². The molecule has 3 atom stereocenters. The standard InChI is InChI=1S/C16H23N3/c1-10-6-5-7-15(13(10)4)19-16-14(9-17)11(2)8-12(3)18-16/h8,10,13,15H,5-7H2,1-4H3,(H,18,19). The van der Waals surface area contributed by atoms with Crippen molar-refractivity contribution >= 4 is 5.82 Å². The molecule has 0 aliphatic heterocycles. The maximum atomic E-state index is 9.31. The smallest absolute Gasteiger partial charge is 0.144 e. The fourth-order valence-corrected chi connectivity index (χ4v) is 3.04. The van der Waals surface area contributed by atoms with Crippen LogP contribution in [-0.2, 0) is 0 Å². The molecule has 1 N–H and O–H groups in total. The van der Waals surface area contributed by atoms with E-state index in [0.29, 0.717) is 17.5 Å². The molecule has 1 aromatic heterocycles. The summed E-state index contributed by atoms with van der Waals surface area (Å²) in [6, 6.07) is 4.69. The minimum absolute atomic E-state index is 0.435. The van der Waals surface area contributed by atoms with Gasteiger partial charge in [-0.3, -0.25) is 0 Å². The third kappa shape index (κ3) is 2.89. The molecule has 0 bridgehead atoms. The minimum Gasteiger partial charge on any atom is -0.366 e. The van der Waals surface area contributed by atoms with Gasteiger partial charge in [0.2, 0.25) is 0 Å². The lowest BCUT2D eigenvalue weighted by atomic mass is 9.78. The Bertz CT molecular complexity index is 501. The summed E-state index contributed by atoms with van der Waals surface area (Å²) >= 11 is 0. The summed E-state index contributed by atoms with van der Waals surface area (Å²) < 4.78 is 0. The SMILES string of the molecule is Cc1cc(C)c(C#N)c(NC2CCCC(C)C2C)n1. The van der Waals surface area contributed by atoms with E-state index < -0.39 is 0 Å². The lowest BCUT2D eigenvalue weighted by Crippen LogP contribution is -2.35. The third-order valence-corrected chi connectivity index (χ3v) is 4.49. The fourth-order valence-electron chi connectivity index (χ4n) is 3.04. The van der Waals surface area contributed by atoms with Crippen LogP contribution in [0.5, 0.6) is 0 Å². The number of rotatable bonds is 2. The second-order valence-electron chi connectivity index (χ2n) is 5.93. The van der Waals surface area contributed by atoms with E-state index in [0.717, 1.165) is 23.0 Å². The van der Waals surface area contributed by atoms with Gasteiger partial charge in [0.05, 0.1) is 5.56 Å². The van der Waals surface area contributed by atoms with Gasteiger partial charge in [-0.2, -0.15) is 5.26 Å². The van der Waals surface area contributed by atoms with E-state index in [2.05, 4.69) is 30.2 Å². The molecule has 1 fully saturated rings. The summed E-state index contributed by atoms with van der Waals surface area (Å²) in [5.74, 6) is 2.14. The van der Waals surface area contributed by atoms with Crippen LogP contribution in [-0.4, -0.2) is 11.0 Å². The van der Waals surface area contributed by atoms with Crippen molar-refractivity contribution in [1.29, 1.82) is 5.26 Å². The van der Waals surface area contributed by atoms with Crippen molar-refractivity contribution in [1.82, 2.24) is 4.98 Å². The summed E-state index contributed by atoms with van der Waals surface area (Å²) in [5, 5.41) is 12.8. The van der Waals surface area contributed by atoms with Crippen LogP contribution in [0.2, 0.25) is 0 Å². The molecule has 19 heavy (non-hydrogen) atoms. The Morgan fingerprint density at radius 1 is 1.32 bits per heavy atom. The lowest BCUT2D eigenvalue weighted by Gasteiger charge is -2.35. The zero-order valence-electron chi connectivity index (χ0n) is 12.3. The third-order valence-electron chi connectivity index (χ3n) is 4.49. The molecule has 1 saturated carbocycles. The number of aryl methyl sites for hydroxylation is 2. The van der Waals surface area contributed by atoms with Gasteiger partial charge in [0.25, 0.3) is 0 Å². The first-order valence-corrected chi connectivity index (χ1v) is 7.17. The first kappa shape index (κ1) is 13.9. The highest BCUT2D eigenvalue weighted by Crippen LogP contribution is 2.32. The highest BCUT2D eigenvalue weighted by Gasteiger charge is 2.27. The van der Waals surface area contributed by atoms with E-state index in [1.807, 2.05) is 19.9 Å². The highest BCUT2D eigenvalue weighted by atomic mass is 15.0. The maximum Gasteiger partial charge on any atom is 0.144 e. The van der Waals surface area contributed by atoms with Gasteiger partial charge in [-0.1, -0.05) is 26.7 Å². The Balaban J connectivity index is 2.26. The number of anilines is 1. The number of aromatic nitrogens is 1. The molecule has 0 aromatic carbocycles. The number of nitrogens with one attached hydrogen (secondary N) is 1. The van der Waals surface area contributed by atoms with Crippen LogP contribution in [0.4, 0.5) is 5.82 Å². The topological polar surface area (TPSA) is 48.7 Å². The minimum atomic E-state index is 0.435. The molecule has 1 heterocycles. The monoisotopic (exact) mass is 257 g/mol. The number of pyridine rings is 1. The fraction of sp³-hybridized carbons (Fsp3) is 0.625. The second kappa shape index (κ2) is 5.61. The molecule has 3 unspecified atom stereocenters. The molecule has 3 heteroatoms. The molecule has 1 aliphatic carbocycles. The summed E-state index contributed by atoms with van der Waals surface area (Å²) in [6.45, 7) is 8.58. The molecule has 1 aromatic rings.